The highest BCUT2D eigenvalue weighted by Gasteiger charge is 2.21. The van der Waals surface area contributed by atoms with E-state index < -0.39 is 23.3 Å². The van der Waals surface area contributed by atoms with Gasteiger partial charge in [0.15, 0.2) is 23.2 Å². The predicted molar refractivity (Wildman–Crippen MR) is 138 cm³/mol. The van der Waals surface area contributed by atoms with Gasteiger partial charge in [0.05, 0.1) is 0 Å². The monoisotopic (exact) mass is 494 g/mol. The fourth-order valence-corrected chi connectivity index (χ4v) is 4.75. The molecule has 3 aromatic carbocycles. The molecule has 0 aromatic heterocycles. The summed E-state index contributed by atoms with van der Waals surface area (Å²) in [5, 5.41) is 0. The number of halogens is 4. The quantitative estimate of drug-likeness (QED) is 0.213. The summed E-state index contributed by atoms with van der Waals surface area (Å²) in [4.78, 5) is 0. The first-order valence-electron chi connectivity index (χ1n) is 12.4. The molecule has 3 aromatic rings. The summed E-state index contributed by atoms with van der Waals surface area (Å²) in [7, 11) is 0. The van der Waals surface area contributed by atoms with Gasteiger partial charge in [0.25, 0.3) is 0 Å². The van der Waals surface area contributed by atoms with Gasteiger partial charge in [0.1, 0.15) is 6.61 Å². The zero-order valence-corrected chi connectivity index (χ0v) is 20.4. The molecule has 5 heteroatoms. The molecule has 0 spiro atoms. The van der Waals surface area contributed by atoms with Gasteiger partial charge in [-0.15, -0.1) is 0 Å². The summed E-state index contributed by atoms with van der Waals surface area (Å²) < 4.78 is 64.3. The van der Waals surface area contributed by atoms with E-state index in [1.807, 2.05) is 0 Å². The van der Waals surface area contributed by atoms with Gasteiger partial charge in [-0.3, -0.25) is 0 Å². The lowest BCUT2D eigenvalue weighted by atomic mass is 9.83. The smallest absolute Gasteiger partial charge is 0.201 e. The van der Waals surface area contributed by atoms with Gasteiger partial charge >= 0.3 is 0 Å². The van der Waals surface area contributed by atoms with Crippen LogP contribution in [0.2, 0.25) is 0 Å². The zero-order chi connectivity index (χ0) is 25.7. The van der Waals surface area contributed by atoms with Crippen LogP contribution in [0, 0.1) is 29.2 Å². The Balaban J connectivity index is 1.55. The summed E-state index contributed by atoms with van der Waals surface area (Å²) in [6.07, 6.45) is 9.67. The van der Waals surface area contributed by atoms with Gasteiger partial charge in [-0.05, 0) is 54.0 Å². The van der Waals surface area contributed by atoms with E-state index in [4.69, 9.17) is 4.74 Å². The molecule has 0 saturated carbocycles. The Morgan fingerprint density at radius 1 is 0.833 bits per heavy atom. The van der Waals surface area contributed by atoms with Gasteiger partial charge in [0, 0.05) is 16.7 Å². The van der Waals surface area contributed by atoms with E-state index in [1.165, 1.54) is 37.5 Å². The first-order chi connectivity index (χ1) is 17.4. The number of rotatable bonds is 9. The van der Waals surface area contributed by atoms with Crippen molar-refractivity contribution in [2.45, 2.75) is 45.4 Å². The van der Waals surface area contributed by atoms with Crippen molar-refractivity contribution in [3.05, 3.63) is 96.1 Å². The molecular weight excluding hydrogens is 464 g/mol. The van der Waals surface area contributed by atoms with Crippen LogP contribution in [-0.2, 0) is 0 Å². The fourth-order valence-electron chi connectivity index (χ4n) is 4.75. The lowest BCUT2D eigenvalue weighted by molar-refractivity contribution is 0.333. The second kappa shape index (κ2) is 11.6. The topological polar surface area (TPSA) is 9.23 Å². The number of ether oxygens (including phenoxy) is 1. The Morgan fingerprint density at radius 3 is 2.00 bits per heavy atom. The average Bonchev–Trinajstić information content (AvgIpc) is 2.90. The summed E-state index contributed by atoms with van der Waals surface area (Å²) in [5.41, 5.74) is 2.21. The van der Waals surface area contributed by atoms with Crippen molar-refractivity contribution in [2.75, 3.05) is 6.61 Å². The van der Waals surface area contributed by atoms with Gasteiger partial charge in [-0.1, -0.05) is 81.3 Å². The molecule has 1 atom stereocenters. The van der Waals surface area contributed by atoms with Crippen LogP contribution in [0.3, 0.4) is 0 Å². The average molecular weight is 495 g/mol. The molecule has 1 aliphatic carbocycles. The van der Waals surface area contributed by atoms with Crippen molar-refractivity contribution < 1.29 is 22.3 Å². The van der Waals surface area contributed by atoms with Crippen molar-refractivity contribution in [2.24, 2.45) is 5.92 Å². The second-order valence-corrected chi connectivity index (χ2v) is 9.22. The minimum absolute atomic E-state index is 0.0495. The maximum absolute atomic E-state index is 15.1. The van der Waals surface area contributed by atoms with Crippen molar-refractivity contribution >= 4 is 5.57 Å². The van der Waals surface area contributed by atoms with Crippen LogP contribution >= 0.6 is 0 Å². The summed E-state index contributed by atoms with van der Waals surface area (Å²) >= 11 is 0. The minimum Gasteiger partial charge on any atom is -0.486 e. The molecular formula is C31H30F4O. The normalized spacial score (nSPS) is 15.5. The van der Waals surface area contributed by atoms with E-state index >= 15 is 8.78 Å². The van der Waals surface area contributed by atoms with Crippen molar-refractivity contribution in [1.29, 1.82) is 0 Å². The van der Waals surface area contributed by atoms with Crippen LogP contribution in [0.25, 0.3) is 27.8 Å². The van der Waals surface area contributed by atoms with Crippen LogP contribution in [0.1, 0.15) is 51.0 Å². The number of unbranched alkanes of at least 4 members (excludes halogenated alkanes) is 1. The van der Waals surface area contributed by atoms with Crippen molar-refractivity contribution in [3.63, 3.8) is 0 Å². The van der Waals surface area contributed by atoms with Crippen LogP contribution in [0.5, 0.6) is 5.75 Å². The molecule has 1 aliphatic rings. The summed E-state index contributed by atoms with van der Waals surface area (Å²) in [6, 6.07) is 12.3. The third-order valence-corrected chi connectivity index (χ3v) is 6.82. The number of hydrogen-bond acceptors (Lipinski definition) is 1. The Bertz CT molecular complexity index is 1260. The fraction of sp³-hybridized carbons (Fsp3) is 0.290. The van der Waals surface area contributed by atoms with Crippen molar-refractivity contribution in [3.8, 4) is 28.0 Å². The van der Waals surface area contributed by atoms with Crippen LogP contribution in [0.15, 0.2) is 67.3 Å². The molecule has 4 rings (SSSR count). The molecule has 0 bridgehead atoms. The van der Waals surface area contributed by atoms with E-state index in [0.717, 1.165) is 24.8 Å². The Labute approximate surface area is 210 Å². The minimum atomic E-state index is -1.09. The van der Waals surface area contributed by atoms with Gasteiger partial charge < -0.3 is 4.74 Å². The molecule has 0 saturated heterocycles. The molecule has 188 valence electrons. The third-order valence-electron chi connectivity index (χ3n) is 6.82. The van der Waals surface area contributed by atoms with Crippen LogP contribution in [0.4, 0.5) is 17.6 Å². The highest BCUT2D eigenvalue weighted by molar-refractivity contribution is 5.74. The second-order valence-electron chi connectivity index (χ2n) is 9.22. The van der Waals surface area contributed by atoms with Gasteiger partial charge in [0.2, 0.25) is 5.82 Å². The Kier molecular flexibility index (Phi) is 8.29. The maximum atomic E-state index is 15.1. The van der Waals surface area contributed by atoms with Crippen molar-refractivity contribution in [1.82, 2.24) is 0 Å². The largest absolute Gasteiger partial charge is 0.486 e. The number of allylic oxidation sites excluding steroid dienone is 2. The third kappa shape index (κ3) is 5.40. The highest BCUT2D eigenvalue weighted by Crippen LogP contribution is 2.37. The molecule has 0 heterocycles. The van der Waals surface area contributed by atoms with Crippen LogP contribution in [-0.4, -0.2) is 6.61 Å². The standard InChI is InChI=1S/C31H30F4O/c1-3-5-6-20-7-9-21(10-8-20)24-15-16-25(29(33)28(24)32)22-11-13-23(14-12-22)26-17-18-27(36-19-4-2)31(35)30(26)34/h4,9,11-18,20H,2-3,5-8,10,19H2,1H3. The Hall–Kier alpha value is -3.34. The zero-order valence-electron chi connectivity index (χ0n) is 20.4. The highest BCUT2D eigenvalue weighted by atomic mass is 19.2. The maximum Gasteiger partial charge on any atom is 0.201 e. The lowest BCUT2D eigenvalue weighted by Gasteiger charge is -2.22. The molecule has 0 radical (unpaired) electrons. The van der Waals surface area contributed by atoms with Gasteiger partial charge in [-0.25, -0.2) is 13.2 Å². The van der Waals surface area contributed by atoms with Crippen LogP contribution < -0.4 is 4.74 Å². The molecule has 0 amide bonds. The molecule has 1 unspecified atom stereocenters. The molecule has 0 fully saturated rings. The SMILES string of the molecule is C=CCOc1ccc(-c2ccc(-c3ccc(C4=CCC(CCCC)CC4)c(F)c3F)cc2)c(F)c1F. The predicted octanol–water partition coefficient (Wildman–Crippen LogP) is 9.52. The van der Waals surface area contributed by atoms with Gasteiger partial charge in [-0.2, -0.15) is 4.39 Å². The molecule has 0 aliphatic heterocycles. The first-order valence-corrected chi connectivity index (χ1v) is 12.4. The van der Waals surface area contributed by atoms with E-state index in [2.05, 4.69) is 19.6 Å². The first kappa shape index (κ1) is 25.7. The lowest BCUT2D eigenvalue weighted by Crippen LogP contribution is -2.07. The summed E-state index contributed by atoms with van der Waals surface area (Å²) in [5.74, 6) is -3.46. The van der Waals surface area contributed by atoms with E-state index in [-0.39, 0.29) is 23.5 Å². The summed E-state index contributed by atoms with van der Waals surface area (Å²) in [6.45, 7) is 5.72. The van der Waals surface area contributed by atoms with E-state index in [1.54, 1.807) is 36.4 Å². The molecule has 36 heavy (non-hydrogen) atoms. The number of hydrogen-bond donors (Lipinski definition) is 0. The van der Waals surface area contributed by atoms with E-state index in [9.17, 15) is 8.78 Å². The van der Waals surface area contributed by atoms with E-state index in [0.29, 0.717) is 22.6 Å². The molecule has 0 N–H and O–H groups in total. The molecule has 1 nitrogen and oxygen atoms in total. The number of benzene rings is 3. The Morgan fingerprint density at radius 2 is 1.42 bits per heavy atom.